The first kappa shape index (κ1) is 14.6. The predicted molar refractivity (Wildman–Crippen MR) is 85.8 cm³/mol. The second-order valence-corrected chi connectivity index (χ2v) is 5.51. The van der Waals surface area contributed by atoms with Gasteiger partial charge in [0, 0.05) is 18.7 Å². The van der Waals surface area contributed by atoms with Crippen LogP contribution in [0.1, 0.15) is 17.2 Å². The van der Waals surface area contributed by atoms with Crippen molar-refractivity contribution in [2.24, 2.45) is 0 Å². The van der Waals surface area contributed by atoms with E-state index in [4.69, 9.17) is 21.0 Å². The Balaban J connectivity index is 1.66. The predicted octanol–water partition coefficient (Wildman–Crippen LogP) is 2.54. The highest BCUT2D eigenvalue weighted by Gasteiger charge is 2.29. The van der Waals surface area contributed by atoms with Gasteiger partial charge in [0.05, 0.1) is 12.7 Å². The standard InChI is InChI=1S/C16H17BClNO2/c1-20-16(12-5-3-2-4-6-12)10-19-17-15-8-7-14(18)9-13(15)11-21-17/h2-9,16,19H,10-11H2,1H3. The Labute approximate surface area is 130 Å². The van der Waals surface area contributed by atoms with Gasteiger partial charge in [-0.15, -0.1) is 0 Å². The third-order valence-electron chi connectivity index (χ3n) is 3.74. The Hall–Kier alpha value is -1.33. The molecule has 0 fully saturated rings. The first-order chi connectivity index (χ1) is 10.3. The summed E-state index contributed by atoms with van der Waals surface area (Å²) in [6, 6.07) is 16.1. The smallest absolute Gasteiger partial charge is 0.413 e. The molecule has 1 aliphatic rings. The summed E-state index contributed by atoms with van der Waals surface area (Å²) in [6.07, 6.45) is 0.00569. The van der Waals surface area contributed by atoms with E-state index in [2.05, 4.69) is 17.4 Å². The minimum absolute atomic E-state index is 0.00569. The molecule has 21 heavy (non-hydrogen) atoms. The van der Waals surface area contributed by atoms with Gasteiger partial charge in [0.2, 0.25) is 0 Å². The number of benzene rings is 2. The molecule has 1 N–H and O–H groups in total. The second-order valence-electron chi connectivity index (χ2n) is 5.08. The van der Waals surface area contributed by atoms with Crippen LogP contribution in [0.2, 0.25) is 5.02 Å². The molecule has 0 spiro atoms. The van der Waals surface area contributed by atoms with Crippen LogP contribution in [0.5, 0.6) is 0 Å². The van der Waals surface area contributed by atoms with Crippen LogP contribution in [-0.4, -0.2) is 20.7 Å². The van der Waals surface area contributed by atoms with Crippen molar-refractivity contribution < 1.29 is 9.39 Å². The average molecular weight is 302 g/mol. The second kappa shape index (κ2) is 6.63. The fourth-order valence-corrected chi connectivity index (χ4v) is 2.80. The largest absolute Gasteiger partial charge is 0.416 e. The third kappa shape index (κ3) is 3.30. The van der Waals surface area contributed by atoms with Gasteiger partial charge in [0.15, 0.2) is 0 Å². The zero-order chi connectivity index (χ0) is 14.7. The molecule has 1 unspecified atom stereocenters. The van der Waals surface area contributed by atoms with Gasteiger partial charge in [0.1, 0.15) is 0 Å². The molecule has 0 aliphatic carbocycles. The first-order valence-corrected chi connectivity index (χ1v) is 7.37. The molecule has 108 valence electrons. The fraction of sp³-hybridized carbons (Fsp3) is 0.250. The Kier molecular flexibility index (Phi) is 4.61. The van der Waals surface area contributed by atoms with Crippen LogP contribution in [0.15, 0.2) is 48.5 Å². The molecule has 0 bridgehead atoms. The van der Waals surface area contributed by atoms with E-state index < -0.39 is 0 Å². The van der Waals surface area contributed by atoms with Crippen molar-refractivity contribution in [3.8, 4) is 0 Å². The highest BCUT2D eigenvalue weighted by Crippen LogP contribution is 2.17. The molecule has 2 aromatic rings. The number of rotatable bonds is 5. The number of halogens is 1. The number of methoxy groups -OCH3 is 1. The minimum Gasteiger partial charge on any atom is -0.413 e. The van der Waals surface area contributed by atoms with Crippen LogP contribution < -0.4 is 10.7 Å². The quantitative estimate of drug-likeness (QED) is 0.861. The van der Waals surface area contributed by atoms with E-state index in [9.17, 15) is 0 Å². The van der Waals surface area contributed by atoms with E-state index in [1.807, 2.05) is 36.4 Å². The molecule has 0 radical (unpaired) electrons. The summed E-state index contributed by atoms with van der Waals surface area (Å²) < 4.78 is 11.3. The van der Waals surface area contributed by atoms with E-state index in [1.165, 1.54) is 0 Å². The van der Waals surface area contributed by atoms with Gasteiger partial charge >= 0.3 is 7.05 Å². The van der Waals surface area contributed by atoms with Crippen molar-refractivity contribution in [3.63, 3.8) is 0 Å². The molecule has 0 saturated heterocycles. The van der Waals surface area contributed by atoms with E-state index in [1.54, 1.807) is 7.11 Å². The van der Waals surface area contributed by atoms with Gasteiger partial charge in [-0.25, -0.2) is 0 Å². The molecule has 3 nitrogen and oxygen atoms in total. The Morgan fingerprint density at radius 2 is 2.10 bits per heavy atom. The van der Waals surface area contributed by atoms with Crippen LogP contribution in [0.25, 0.3) is 0 Å². The van der Waals surface area contributed by atoms with Crippen molar-refractivity contribution in [1.29, 1.82) is 0 Å². The average Bonchev–Trinajstić information content (AvgIpc) is 2.91. The normalized spacial score (nSPS) is 15.0. The summed E-state index contributed by atoms with van der Waals surface area (Å²) in [5.74, 6) is 0. The van der Waals surface area contributed by atoms with Gasteiger partial charge in [-0.2, -0.15) is 0 Å². The monoisotopic (exact) mass is 301 g/mol. The Morgan fingerprint density at radius 1 is 1.29 bits per heavy atom. The van der Waals surface area contributed by atoms with E-state index in [0.29, 0.717) is 13.2 Å². The van der Waals surface area contributed by atoms with Gasteiger partial charge < -0.3 is 14.6 Å². The third-order valence-corrected chi connectivity index (χ3v) is 3.97. The summed E-state index contributed by atoms with van der Waals surface area (Å²) in [4.78, 5) is 0. The van der Waals surface area contributed by atoms with Crippen molar-refractivity contribution >= 4 is 24.1 Å². The lowest BCUT2D eigenvalue weighted by Crippen LogP contribution is -2.45. The lowest BCUT2D eigenvalue weighted by atomic mass is 9.73. The summed E-state index contributed by atoms with van der Waals surface area (Å²) in [7, 11) is 1.63. The van der Waals surface area contributed by atoms with E-state index in [0.717, 1.165) is 21.6 Å². The van der Waals surface area contributed by atoms with E-state index in [-0.39, 0.29) is 13.2 Å². The van der Waals surface area contributed by atoms with Crippen LogP contribution >= 0.6 is 11.6 Å². The zero-order valence-corrected chi connectivity index (χ0v) is 12.6. The van der Waals surface area contributed by atoms with Gasteiger partial charge in [0.25, 0.3) is 0 Å². The number of ether oxygens (including phenoxy) is 1. The highest BCUT2D eigenvalue weighted by molar-refractivity contribution is 6.66. The Morgan fingerprint density at radius 3 is 2.86 bits per heavy atom. The molecule has 1 heterocycles. The fourth-order valence-electron chi connectivity index (χ4n) is 2.61. The lowest BCUT2D eigenvalue weighted by Gasteiger charge is -2.18. The summed E-state index contributed by atoms with van der Waals surface area (Å²) in [5.41, 5.74) is 3.46. The SMILES string of the molecule is COC(CNB1OCc2cc(Cl)ccc21)c1ccccc1. The summed E-state index contributed by atoms with van der Waals surface area (Å²) >= 11 is 6.01. The maximum absolute atomic E-state index is 6.01. The molecule has 5 heteroatoms. The van der Waals surface area contributed by atoms with Gasteiger partial charge in [-0.05, 0) is 28.7 Å². The van der Waals surface area contributed by atoms with Crippen molar-refractivity contribution in [2.45, 2.75) is 12.7 Å². The van der Waals surface area contributed by atoms with Crippen molar-refractivity contribution in [2.75, 3.05) is 13.7 Å². The minimum atomic E-state index is -0.0985. The molecule has 0 saturated carbocycles. The topological polar surface area (TPSA) is 30.5 Å². The lowest BCUT2D eigenvalue weighted by molar-refractivity contribution is 0.106. The maximum Gasteiger partial charge on any atom is 0.416 e. The summed E-state index contributed by atoms with van der Waals surface area (Å²) in [6.45, 7) is 1.28. The maximum atomic E-state index is 6.01. The molecular formula is C16H17BClNO2. The molecule has 1 aliphatic heterocycles. The van der Waals surface area contributed by atoms with Crippen LogP contribution in [0, 0.1) is 0 Å². The first-order valence-electron chi connectivity index (χ1n) is 6.99. The van der Waals surface area contributed by atoms with Crippen molar-refractivity contribution in [3.05, 3.63) is 64.7 Å². The van der Waals surface area contributed by atoms with Crippen molar-refractivity contribution in [1.82, 2.24) is 5.23 Å². The molecular weight excluding hydrogens is 284 g/mol. The molecule has 1 atom stereocenters. The summed E-state index contributed by atoms with van der Waals surface area (Å²) in [5, 5.41) is 4.16. The number of hydrogen-bond donors (Lipinski definition) is 1. The molecule has 2 aromatic carbocycles. The molecule has 3 rings (SSSR count). The van der Waals surface area contributed by atoms with E-state index >= 15 is 0 Å². The number of hydrogen-bond acceptors (Lipinski definition) is 3. The van der Waals surface area contributed by atoms with Crippen LogP contribution in [0.3, 0.4) is 0 Å². The van der Waals surface area contributed by atoms with Gasteiger partial charge in [-0.3, -0.25) is 0 Å². The number of nitrogens with one attached hydrogen (secondary N) is 1. The molecule has 0 aromatic heterocycles. The zero-order valence-electron chi connectivity index (χ0n) is 11.9. The van der Waals surface area contributed by atoms with Crippen LogP contribution in [-0.2, 0) is 16.0 Å². The molecule has 0 amide bonds. The Bertz CT molecular complexity index is 608. The highest BCUT2D eigenvalue weighted by atomic mass is 35.5. The van der Waals surface area contributed by atoms with Gasteiger partial charge in [-0.1, -0.05) is 48.0 Å². The number of fused-ring (bicyclic) bond motifs is 1. The van der Waals surface area contributed by atoms with Crippen LogP contribution in [0.4, 0.5) is 0 Å².